The summed E-state index contributed by atoms with van der Waals surface area (Å²) in [5, 5.41) is 12.2. The first-order chi connectivity index (χ1) is 12.7. The van der Waals surface area contributed by atoms with Crippen LogP contribution in [0, 0.1) is 5.82 Å². The van der Waals surface area contributed by atoms with Crippen molar-refractivity contribution in [2.24, 2.45) is 5.14 Å². The third kappa shape index (κ3) is 4.70. The van der Waals surface area contributed by atoms with Crippen molar-refractivity contribution in [3.8, 4) is 5.69 Å². The Kier molecular flexibility index (Phi) is 5.26. The molecule has 0 spiro atoms. The van der Waals surface area contributed by atoms with Gasteiger partial charge in [0, 0.05) is 11.9 Å². The average Bonchev–Trinajstić information content (AvgIpc) is 3.02. The van der Waals surface area contributed by atoms with Crippen LogP contribution in [0.3, 0.4) is 0 Å². The van der Waals surface area contributed by atoms with Crippen LogP contribution >= 0.6 is 11.6 Å². The first-order valence-electron chi connectivity index (χ1n) is 7.64. The van der Waals surface area contributed by atoms with Gasteiger partial charge in [-0.15, -0.1) is 0 Å². The highest BCUT2D eigenvalue weighted by Crippen LogP contribution is 2.24. The number of nitrogens with zero attached hydrogens (tertiary/aromatic N) is 2. The minimum Gasteiger partial charge on any atom is -0.326 e. The Morgan fingerprint density at radius 2 is 1.93 bits per heavy atom. The largest absolute Gasteiger partial charge is 0.326 e. The number of carbonyl (C=O) groups excluding carboxylic acids is 1. The molecule has 1 aromatic heterocycles. The van der Waals surface area contributed by atoms with Crippen LogP contribution in [-0.4, -0.2) is 24.1 Å². The van der Waals surface area contributed by atoms with Gasteiger partial charge in [0.25, 0.3) is 0 Å². The van der Waals surface area contributed by atoms with Gasteiger partial charge in [-0.25, -0.2) is 22.6 Å². The van der Waals surface area contributed by atoms with Gasteiger partial charge in [-0.05, 0) is 35.9 Å². The van der Waals surface area contributed by atoms with Gasteiger partial charge in [0.15, 0.2) is 0 Å². The second-order valence-electron chi connectivity index (χ2n) is 5.68. The zero-order valence-electron chi connectivity index (χ0n) is 13.8. The van der Waals surface area contributed by atoms with E-state index in [0.717, 1.165) is 0 Å². The molecule has 27 heavy (non-hydrogen) atoms. The summed E-state index contributed by atoms with van der Waals surface area (Å²) in [5.41, 5.74) is 1.05. The first-order valence-corrected chi connectivity index (χ1v) is 9.56. The predicted octanol–water partition coefficient (Wildman–Crippen LogP) is 2.49. The summed E-state index contributed by atoms with van der Waals surface area (Å²) in [6.45, 7) is 0. The van der Waals surface area contributed by atoms with Crippen molar-refractivity contribution in [2.75, 3.05) is 5.32 Å². The van der Waals surface area contributed by atoms with E-state index in [4.69, 9.17) is 16.7 Å². The molecule has 0 atom stereocenters. The molecule has 2 aromatic carbocycles. The summed E-state index contributed by atoms with van der Waals surface area (Å²) < 4.78 is 38.1. The Morgan fingerprint density at radius 1 is 1.22 bits per heavy atom. The van der Waals surface area contributed by atoms with Crippen LogP contribution in [0.1, 0.15) is 5.56 Å². The lowest BCUT2D eigenvalue weighted by Crippen LogP contribution is -2.18. The SMILES string of the molecule is NS(=O)(=O)c1cc(NC(=O)Cc2ccc(F)cc2)ccc1-n1cc(Cl)cn1. The van der Waals surface area contributed by atoms with Crippen LogP contribution in [0.4, 0.5) is 10.1 Å². The third-order valence-electron chi connectivity index (χ3n) is 3.63. The van der Waals surface area contributed by atoms with Crippen LogP contribution in [0.15, 0.2) is 59.8 Å². The molecule has 3 rings (SSSR count). The number of hydrogen-bond acceptors (Lipinski definition) is 4. The smallest absolute Gasteiger partial charge is 0.240 e. The van der Waals surface area contributed by atoms with Gasteiger partial charge < -0.3 is 5.32 Å². The quantitative estimate of drug-likeness (QED) is 0.676. The zero-order chi connectivity index (χ0) is 19.6. The maximum absolute atomic E-state index is 12.9. The Balaban J connectivity index is 1.86. The Labute approximate surface area is 159 Å². The lowest BCUT2D eigenvalue weighted by Gasteiger charge is -2.11. The van der Waals surface area contributed by atoms with Crippen molar-refractivity contribution in [3.05, 3.63) is 71.3 Å². The maximum Gasteiger partial charge on any atom is 0.240 e. The number of sulfonamides is 1. The number of anilines is 1. The lowest BCUT2D eigenvalue weighted by atomic mass is 10.1. The number of amides is 1. The van der Waals surface area contributed by atoms with Crippen molar-refractivity contribution in [1.82, 2.24) is 9.78 Å². The highest BCUT2D eigenvalue weighted by atomic mass is 35.5. The molecular formula is C17H14ClFN4O3S. The standard InChI is InChI=1S/C17H14ClFN4O3S/c18-12-9-21-23(10-12)15-6-5-14(8-16(15)27(20,25)26)22-17(24)7-11-1-3-13(19)4-2-11/h1-6,8-10H,7H2,(H,22,24)(H2,20,25,26). The molecule has 0 radical (unpaired) electrons. The van der Waals surface area contributed by atoms with Gasteiger partial charge in [0.2, 0.25) is 15.9 Å². The van der Waals surface area contributed by atoms with Crippen LogP contribution in [0.25, 0.3) is 5.69 Å². The maximum atomic E-state index is 12.9. The zero-order valence-corrected chi connectivity index (χ0v) is 15.3. The molecule has 0 aliphatic rings. The molecule has 0 unspecified atom stereocenters. The van der Waals surface area contributed by atoms with Crippen molar-refractivity contribution >= 4 is 33.2 Å². The highest BCUT2D eigenvalue weighted by molar-refractivity contribution is 7.89. The van der Waals surface area contributed by atoms with Gasteiger partial charge in [-0.3, -0.25) is 4.79 Å². The molecule has 3 N–H and O–H groups in total. The molecule has 0 saturated carbocycles. The van der Waals surface area contributed by atoms with Gasteiger partial charge >= 0.3 is 0 Å². The number of halogens is 2. The summed E-state index contributed by atoms with van der Waals surface area (Å²) in [5.74, 6) is -0.789. The minimum atomic E-state index is -4.09. The molecule has 0 saturated heterocycles. The number of hydrogen-bond donors (Lipinski definition) is 2. The van der Waals surface area contributed by atoms with Gasteiger partial charge in [0.1, 0.15) is 10.7 Å². The number of benzene rings is 2. The third-order valence-corrected chi connectivity index (χ3v) is 4.76. The summed E-state index contributed by atoms with van der Waals surface area (Å²) in [4.78, 5) is 11.9. The summed E-state index contributed by atoms with van der Waals surface area (Å²) >= 11 is 5.82. The molecule has 140 valence electrons. The first kappa shape index (κ1) is 19.0. The van der Waals surface area contributed by atoms with Gasteiger partial charge in [-0.2, -0.15) is 5.10 Å². The molecule has 0 aliphatic heterocycles. The fourth-order valence-electron chi connectivity index (χ4n) is 2.43. The van der Waals surface area contributed by atoms with Gasteiger partial charge in [0.05, 0.1) is 23.3 Å². The topological polar surface area (TPSA) is 107 Å². The van der Waals surface area contributed by atoms with E-state index in [2.05, 4.69) is 10.4 Å². The van der Waals surface area contributed by atoms with Crippen molar-refractivity contribution in [2.45, 2.75) is 11.3 Å². The minimum absolute atomic E-state index is 0.00149. The summed E-state index contributed by atoms with van der Waals surface area (Å²) in [6.07, 6.45) is 2.78. The highest BCUT2D eigenvalue weighted by Gasteiger charge is 2.18. The molecule has 1 amide bonds. The fraction of sp³-hybridized carbons (Fsp3) is 0.0588. The Morgan fingerprint density at radius 3 is 2.52 bits per heavy atom. The van der Waals surface area contributed by atoms with E-state index >= 15 is 0 Å². The number of primary sulfonamides is 1. The van der Waals surface area contributed by atoms with Crippen molar-refractivity contribution in [1.29, 1.82) is 0 Å². The van der Waals surface area contributed by atoms with Crippen molar-refractivity contribution in [3.63, 3.8) is 0 Å². The molecule has 0 aliphatic carbocycles. The van der Waals surface area contributed by atoms with E-state index < -0.39 is 21.7 Å². The molecule has 1 heterocycles. The Bertz CT molecular complexity index is 1100. The van der Waals surface area contributed by atoms with Gasteiger partial charge in [-0.1, -0.05) is 23.7 Å². The number of rotatable bonds is 5. The lowest BCUT2D eigenvalue weighted by molar-refractivity contribution is -0.115. The molecule has 0 bridgehead atoms. The van der Waals surface area contributed by atoms with E-state index in [-0.39, 0.29) is 22.7 Å². The summed E-state index contributed by atoms with van der Waals surface area (Å²) in [7, 11) is -4.09. The second kappa shape index (κ2) is 7.47. The molecule has 3 aromatic rings. The van der Waals surface area contributed by atoms with E-state index in [1.165, 1.54) is 59.5 Å². The van der Waals surface area contributed by atoms with E-state index in [9.17, 15) is 17.6 Å². The average molecular weight is 409 g/mol. The molecule has 7 nitrogen and oxygen atoms in total. The second-order valence-corrected chi connectivity index (χ2v) is 7.65. The van der Waals surface area contributed by atoms with Crippen LogP contribution in [-0.2, 0) is 21.2 Å². The molecular weight excluding hydrogens is 395 g/mol. The van der Waals surface area contributed by atoms with Crippen LogP contribution < -0.4 is 10.5 Å². The normalized spacial score (nSPS) is 11.4. The van der Waals surface area contributed by atoms with E-state index in [0.29, 0.717) is 10.6 Å². The van der Waals surface area contributed by atoms with Crippen LogP contribution in [0.2, 0.25) is 5.02 Å². The summed E-state index contributed by atoms with van der Waals surface area (Å²) in [6, 6.07) is 9.71. The Hall–Kier alpha value is -2.75. The monoisotopic (exact) mass is 408 g/mol. The molecule has 0 fully saturated rings. The predicted molar refractivity (Wildman–Crippen MR) is 98.7 cm³/mol. The fourth-order valence-corrected chi connectivity index (χ4v) is 3.31. The van der Waals surface area contributed by atoms with E-state index in [1.807, 2.05) is 0 Å². The molecule has 10 heteroatoms. The number of nitrogens with one attached hydrogen (secondary N) is 1. The number of aromatic nitrogens is 2. The number of carbonyl (C=O) groups is 1. The van der Waals surface area contributed by atoms with Crippen molar-refractivity contribution < 1.29 is 17.6 Å². The van der Waals surface area contributed by atoms with E-state index in [1.54, 1.807) is 0 Å². The van der Waals surface area contributed by atoms with Crippen LogP contribution in [0.5, 0.6) is 0 Å². The number of nitrogens with two attached hydrogens (primary N) is 1.